The summed E-state index contributed by atoms with van der Waals surface area (Å²) in [6, 6.07) is 16.4. The molecule has 1 saturated heterocycles. The monoisotopic (exact) mass is 474 g/mol. The smallest absolute Gasteiger partial charge is 0.407 e. The second-order valence-corrected chi connectivity index (χ2v) is 10.8. The molecule has 4 aliphatic rings. The highest BCUT2D eigenvalue weighted by molar-refractivity contribution is 5.90. The van der Waals surface area contributed by atoms with Crippen LogP contribution in [0.25, 0.3) is 11.1 Å². The number of ether oxygens (including phenoxy) is 1. The molecule has 0 unspecified atom stereocenters. The summed E-state index contributed by atoms with van der Waals surface area (Å²) in [4.78, 5) is 39.1. The molecule has 2 amide bonds. The fourth-order valence-corrected chi connectivity index (χ4v) is 6.73. The third-order valence-electron chi connectivity index (χ3n) is 8.91. The van der Waals surface area contributed by atoms with Crippen LogP contribution in [0.4, 0.5) is 4.79 Å². The van der Waals surface area contributed by atoms with Gasteiger partial charge in [0.2, 0.25) is 5.91 Å². The number of carboxylic acid groups (broad SMARTS) is 1. The van der Waals surface area contributed by atoms with Crippen LogP contribution in [0.1, 0.15) is 49.7 Å². The topological polar surface area (TPSA) is 95.9 Å². The largest absolute Gasteiger partial charge is 0.481 e. The second-order valence-electron chi connectivity index (χ2n) is 10.8. The maximum absolute atomic E-state index is 13.2. The molecule has 2 saturated carbocycles. The van der Waals surface area contributed by atoms with Crippen LogP contribution in [0.2, 0.25) is 0 Å². The van der Waals surface area contributed by atoms with Crippen molar-refractivity contribution in [1.29, 1.82) is 0 Å². The molecule has 1 aliphatic heterocycles. The molecule has 1 heterocycles. The van der Waals surface area contributed by atoms with Crippen molar-refractivity contribution in [2.75, 3.05) is 19.7 Å². The quantitative estimate of drug-likeness (QED) is 0.659. The van der Waals surface area contributed by atoms with Crippen molar-refractivity contribution in [3.8, 4) is 11.1 Å². The first-order valence-corrected chi connectivity index (χ1v) is 12.5. The Morgan fingerprint density at radius 2 is 1.66 bits per heavy atom. The zero-order valence-electron chi connectivity index (χ0n) is 19.8. The molecule has 35 heavy (non-hydrogen) atoms. The lowest BCUT2D eigenvalue weighted by Crippen LogP contribution is -2.63. The number of rotatable bonds is 6. The summed E-state index contributed by atoms with van der Waals surface area (Å²) >= 11 is 0. The first kappa shape index (κ1) is 22.1. The molecule has 2 N–H and O–H groups in total. The van der Waals surface area contributed by atoms with Gasteiger partial charge in [0.1, 0.15) is 12.0 Å². The molecule has 3 fully saturated rings. The Kier molecular flexibility index (Phi) is 4.95. The van der Waals surface area contributed by atoms with E-state index in [1.807, 2.05) is 31.2 Å². The van der Waals surface area contributed by atoms with E-state index < -0.39 is 22.9 Å². The summed E-state index contributed by atoms with van der Waals surface area (Å²) in [5, 5.41) is 12.5. The van der Waals surface area contributed by atoms with Gasteiger partial charge in [0.25, 0.3) is 0 Å². The normalized spacial score (nSPS) is 27.3. The number of carbonyl (C=O) groups is 3. The second kappa shape index (κ2) is 7.83. The van der Waals surface area contributed by atoms with E-state index in [4.69, 9.17) is 4.74 Å². The third-order valence-corrected chi connectivity index (χ3v) is 8.91. The van der Waals surface area contributed by atoms with Gasteiger partial charge in [-0.15, -0.1) is 0 Å². The predicted molar refractivity (Wildman–Crippen MR) is 129 cm³/mol. The third kappa shape index (κ3) is 3.35. The van der Waals surface area contributed by atoms with Crippen molar-refractivity contribution >= 4 is 18.0 Å². The zero-order valence-corrected chi connectivity index (χ0v) is 19.8. The van der Waals surface area contributed by atoms with Gasteiger partial charge < -0.3 is 20.1 Å². The van der Waals surface area contributed by atoms with Crippen molar-refractivity contribution in [2.45, 2.75) is 44.6 Å². The molecular weight excluding hydrogens is 444 g/mol. The molecule has 3 atom stereocenters. The van der Waals surface area contributed by atoms with E-state index >= 15 is 0 Å². The summed E-state index contributed by atoms with van der Waals surface area (Å²) in [5.74, 6) is -0.493. The molecular formula is C28H30N2O5. The van der Waals surface area contributed by atoms with Gasteiger partial charge in [-0.25, -0.2) is 4.79 Å². The molecule has 2 aromatic carbocycles. The number of nitrogens with one attached hydrogen (secondary N) is 1. The Morgan fingerprint density at radius 3 is 2.26 bits per heavy atom. The Morgan fingerprint density at radius 1 is 1.03 bits per heavy atom. The highest BCUT2D eigenvalue weighted by Gasteiger charge is 2.68. The number of hydrogen-bond acceptors (Lipinski definition) is 4. The van der Waals surface area contributed by atoms with Crippen LogP contribution in [0.5, 0.6) is 0 Å². The molecule has 7 heteroatoms. The van der Waals surface area contributed by atoms with Crippen molar-refractivity contribution in [3.63, 3.8) is 0 Å². The van der Waals surface area contributed by atoms with Crippen LogP contribution in [-0.4, -0.2) is 53.7 Å². The number of likely N-dealkylation sites (tertiary alicyclic amines) is 1. The van der Waals surface area contributed by atoms with Crippen LogP contribution < -0.4 is 5.32 Å². The van der Waals surface area contributed by atoms with Crippen LogP contribution >= 0.6 is 0 Å². The van der Waals surface area contributed by atoms with Crippen LogP contribution in [0, 0.1) is 16.7 Å². The molecule has 182 valence electrons. The summed E-state index contributed by atoms with van der Waals surface area (Å²) < 4.78 is 5.68. The summed E-state index contributed by atoms with van der Waals surface area (Å²) in [5.41, 5.74) is 3.50. The Bertz CT molecular complexity index is 1170. The summed E-state index contributed by atoms with van der Waals surface area (Å²) in [6.07, 6.45) is 2.28. The molecule has 0 radical (unpaired) electrons. The average molecular weight is 475 g/mol. The van der Waals surface area contributed by atoms with Gasteiger partial charge in [0.05, 0.1) is 5.41 Å². The molecule has 0 aromatic heterocycles. The number of hydrogen-bond donors (Lipinski definition) is 2. The van der Waals surface area contributed by atoms with Gasteiger partial charge in [-0.2, -0.15) is 0 Å². The van der Waals surface area contributed by atoms with Gasteiger partial charge in [-0.05, 0) is 53.9 Å². The Labute approximate surface area is 204 Å². The highest BCUT2D eigenvalue weighted by Crippen LogP contribution is 2.65. The molecule has 7 nitrogen and oxygen atoms in total. The van der Waals surface area contributed by atoms with Crippen LogP contribution in [-0.2, 0) is 14.3 Å². The number of nitrogens with zero attached hydrogens (tertiary/aromatic N) is 1. The fourth-order valence-electron chi connectivity index (χ4n) is 6.73. The van der Waals surface area contributed by atoms with Crippen molar-refractivity contribution < 1.29 is 24.2 Å². The first-order valence-electron chi connectivity index (χ1n) is 12.5. The first-order chi connectivity index (χ1) is 16.9. The maximum Gasteiger partial charge on any atom is 0.407 e. The Hall–Kier alpha value is -3.35. The van der Waals surface area contributed by atoms with E-state index in [0.29, 0.717) is 12.8 Å². The minimum absolute atomic E-state index is 0.0116. The van der Waals surface area contributed by atoms with Crippen LogP contribution in [0.15, 0.2) is 48.5 Å². The van der Waals surface area contributed by atoms with Gasteiger partial charge in [-0.1, -0.05) is 55.5 Å². The Balaban J connectivity index is 1.05. The number of alkyl carbamates (subject to hydrolysis) is 1. The minimum atomic E-state index is -0.824. The SMILES string of the molecule is CCC1(C(=O)O)CN(C(=O)[C@@]23C[C@@H](NC(=O)OCC4c5ccccc5-c5ccccc54)C[C@@H]2C3)C1. The van der Waals surface area contributed by atoms with E-state index in [2.05, 4.69) is 29.6 Å². The lowest BCUT2D eigenvalue weighted by molar-refractivity contribution is -0.168. The van der Waals surface area contributed by atoms with Crippen molar-refractivity contribution in [2.24, 2.45) is 16.7 Å². The summed E-state index contributed by atoms with van der Waals surface area (Å²) in [7, 11) is 0. The van der Waals surface area contributed by atoms with Gasteiger partial charge >= 0.3 is 12.1 Å². The number of benzene rings is 2. The summed E-state index contributed by atoms with van der Waals surface area (Å²) in [6.45, 7) is 2.70. The lowest BCUT2D eigenvalue weighted by Gasteiger charge is -2.48. The maximum atomic E-state index is 13.2. The molecule has 0 spiro atoms. The molecule has 3 aliphatic carbocycles. The van der Waals surface area contributed by atoms with E-state index in [1.165, 1.54) is 22.3 Å². The number of carbonyl (C=O) groups excluding carboxylic acids is 2. The predicted octanol–water partition coefficient (Wildman–Crippen LogP) is 4.02. The average Bonchev–Trinajstić information content (AvgIpc) is 3.25. The van der Waals surface area contributed by atoms with Crippen molar-refractivity contribution in [3.05, 3.63) is 59.7 Å². The fraction of sp³-hybridized carbons (Fsp3) is 0.464. The van der Waals surface area contributed by atoms with Crippen molar-refractivity contribution in [1.82, 2.24) is 10.2 Å². The van der Waals surface area contributed by atoms with Gasteiger partial charge in [-0.3, -0.25) is 9.59 Å². The number of fused-ring (bicyclic) bond motifs is 4. The molecule has 2 aromatic rings. The highest BCUT2D eigenvalue weighted by atomic mass is 16.5. The van der Waals surface area contributed by atoms with Crippen LogP contribution in [0.3, 0.4) is 0 Å². The minimum Gasteiger partial charge on any atom is -0.481 e. The van der Waals surface area contributed by atoms with E-state index in [1.54, 1.807) is 4.90 Å². The van der Waals surface area contributed by atoms with E-state index in [-0.39, 0.29) is 43.5 Å². The molecule has 6 rings (SSSR count). The zero-order chi connectivity index (χ0) is 24.4. The number of aliphatic carboxylic acids is 1. The van der Waals surface area contributed by atoms with Gasteiger partial charge in [0.15, 0.2) is 0 Å². The van der Waals surface area contributed by atoms with Gasteiger partial charge in [0, 0.05) is 25.0 Å². The molecule has 0 bridgehead atoms. The lowest BCUT2D eigenvalue weighted by atomic mass is 9.76. The number of amides is 2. The standard InChI is InChI=1S/C28H30N2O5/c1-2-27(25(32)33)15-30(16-27)24(31)28-12-17(28)11-18(13-28)29-26(34)35-14-23-21-9-5-3-7-19(21)20-8-4-6-10-22(20)23/h3-10,17-18,23H,2,11-16H2,1H3,(H,29,34)(H,32,33)/t17-,18+,28+/m1/s1. The van der Waals surface area contributed by atoms with E-state index in [0.717, 1.165) is 12.8 Å². The number of carboxylic acids is 1. The van der Waals surface area contributed by atoms with E-state index in [9.17, 15) is 19.5 Å².